The van der Waals surface area contributed by atoms with Crippen molar-refractivity contribution in [2.24, 2.45) is 16.8 Å². The predicted octanol–water partition coefficient (Wildman–Crippen LogP) is 3.60. The van der Waals surface area contributed by atoms with Gasteiger partial charge in [0, 0.05) is 11.8 Å². The molecule has 3 aromatic rings. The molecule has 0 saturated heterocycles. The lowest BCUT2D eigenvalue weighted by Crippen LogP contribution is -2.15. The Labute approximate surface area is 143 Å². The second kappa shape index (κ2) is 6.72. The molecule has 0 aliphatic rings. The zero-order valence-corrected chi connectivity index (χ0v) is 13.8. The summed E-state index contributed by atoms with van der Waals surface area (Å²) in [6.45, 7) is 3.84. The zero-order chi connectivity index (χ0) is 18.0. The van der Waals surface area contributed by atoms with Crippen molar-refractivity contribution in [3.8, 4) is 11.3 Å². The number of aromatic nitrogens is 2. The number of amides is 1. The number of rotatable bonds is 4. The van der Waals surface area contributed by atoms with Crippen molar-refractivity contribution >= 4 is 17.3 Å². The van der Waals surface area contributed by atoms with Gasteiger partial charge in [0.1, 0.15) is 11.5 Å². The van der Waals surface area contributed by atoms with E-state index in [1.165, 1.54) is 12.1 Å². The number of halogens is 1. The topological polar surface area (TPSA) is 82.0 Å². The average Bonchev–Trinajstić information content (AvgIpc) is 2.95. The summed E-state index contributed by atoms with van der Waals surface area (Å²) in [6.07, 6.45) is 0.816. The van der Waals surface area contributed by atoms with Crippen molar-refractivity contribution in [1.29, 1.82) is 0 Å². The van der Waals surface area contributed by atoms with Gasteiger partial charge in [-0.3, -0.25) is 4.84 Å². The second-order valence-corrected chi connectivity index (χ2v) is 5.80. The molecule has 1 aromatic carbocycles. The fourth-order valence-electron chi connectivity index (χ4n) is 2.59. The first-order valence-corrected chi connectivity index (χ1v) is 7.75. The van der Waals surface area contributed by atoms with Crippen LogP contribution in [0.2, 0.25) is 0 Å². The molecule has 0 unspecified atom stereocenters. The van der Waals surface area contributed by atoms with Gasteiger partial charge in [-0.15, -0.1) is 0 Å². The van der Waals surface area contributed by atoms with E-state index in [4.69, 9.17) is 5.73 Å². The second-order valence-electron chi connectivity index (χ2n) is 5.80. The summed E-state index contributed by atoms with van der Waals surface area (Å²) in [6, 6.07) is 11.6. The van der Waals surface area contributed by atoms with Crippen LogP contribution in [0.5, 0.6) is 0 Å². The van der Waals surface area contributed by atoms with Crippen LogP contribution in [-0.2, 0) is 4.84 Å². The van der Waals surface area contributed by atoms with E-state index in [0.717, 1.165) is 11.1 Å². The Bertz CT molecular complexity index is 945. The molecule has 2 heterocycles. The Kier molecular flexibility index (Phi) is 4.47. The predicted molar refractivity (Wildman–Crippen MR) is 92.6 cm³/mol. The lowest BCUT2D eigenvalue weighted by molar-refractivity contribution is 0.161. The van der Waals surface area contributed by atoms with Crippen LogP contribution in [0.25, 0.3) is 16.8 Å². The highest BCUT2D eigenvalue weighted by atomic mass is 19.1. The molecule has 1 amide bonds. The van der Waals surface area contributed by atoms with Gasteiger partial charge in [-0.25, -0.2) is 13.7 Å². The molecule has 0 spiro atoms. The quantitative estimate of drug-likeness (QED) is 0.447. The van der Waals surface area contributed by atoms with Gasteiger partial charge in [-0.2, -0.15) is 5.10 Å². The van der Waals surface area contributed by atoms with Gasteiger partial charge in [0.05, 0.1) is 16.8 Å². The Morgan fingerprint density at radius 1 is 1.24 bits per heavy atom. The molecule has 0 fully saturated rings. The van der Waals surface area contributed by atoms with E-state index in [1.54, 1.807) is 22.8 Å². The molecule has 6 nitrogen and oxygen atoms in total. The van der Waals surface area contributed by atoms with E-state index in [2.05, 4.69) is 15.1 Å². The summed E-state index contributed by atoms with van der Waals surface area (Å²) >= 11 is 0. The third-order valence-electron chi connectivity index (χ3n) is 3.69. The SMILES string of the molecule is CC(C)C(=NOC(N)=O)c1c(-c2ccc(F)cc2)nn2ccccc12. The Morgan fingerprint density at radius 3 is 2.60 bits per heavy atom. The molecule has 0 aliphatic heterocycles. The molecule has 2 aromatic heterocycles. The van der Waals surface area contributed by atoms with E-state index in [9.17, 15) is 9.18 Å². The maximum atomic E-state index is 13.3. The van der Waals surface area contributed by atoms with Gasteiger partial charge in [-0.1, -0.05) is 25.1 Å². The zero-order valence-electron chi connectivity index (χ0n) is 13.8. The van der Waals surface area contributed by atoms with E-state index >= 15 is 0 Å². The van der Waals surface area contributed by atoms with Crippen LogP contribution < -0.4 is 5.73 Å². The van der Waals surface area contributed by atoms with Crippen molar-refractivity contribution in [2.75, 3.05) is 0 Å². The van der Waals surface area contributed by atoms with E-state index < -0.39 is 6.09 Å². The Balaban J connectivity index is 2.27. The minimum atomic E-state index is -0.988. The molecule has 0 radical (unpaired) electrons. The lowest BCUT2D eigenvalue weighted by Gasteiger charge is -2.10. The highest BCUT2D eigenvalue weighted by Crippen LogP contribution is 2.29. The maximum Gasteiger partial charge on any atom is 0.430 e. The van der Waals surface area contributed by atoms with Crippen LogP contribution in [0.15, 0.2) is 53.8 Å². The van der Waals surface area contributed by atoms with Crippen molar-refractivity contribution in [2.45, 2.75) is 13.8 Å². The van der Waals surface area contributed by atoms with E-state index in [1.807, 2.05) is 32.0 Å². The number of oxime groups is 1. The molecule has 7 heteroatoms. The molecule has 25 heavy (non-hydrogen) atoms. The van der Waals surface area contributed by atoms with Gasteiger partial charge in [0.2, 0.25) is 0 Å². The van der Waals surface area contributed by atoms with Crippen LogP contribution in [0, 0.1) is 11.7 Å². The number of pyridine rings is 1. The number of carbonyl (C=O) groups is 1. The van der Waals surface area contributed by atoms with Gasteiger partial charge in [0.25, 0.3) is 0 Å². The van der Waals surface area contributed by atoms with Crippen LogP contribution >= 0.6 is 0 Å². The fraction of sp³-hybridized carbons (Fsp3) is 0.167. The molecule has 0 aliphatic carbocycles. The molecule has 0 bridgehead atoms. The number of primary amides is 1. The van der Waals surface area contributed by atoms with Gasteiger partial charge >= 0.3 is 6.09 Å². The highest BCUT2D eigenvalue weighted by Gasteiger charge is 2.22. The van der Waals surface area contributed by atoms with Crippen LogP contribution in [0.4, 0.5) is 9.18 Å². The number of hydrogen-bond donors (Lipinski definition) is 1. The first-order valence-electron chi connectivity index (χ1n) is 7.75. The average molecular weight is 340 g/mol. The Hall–Kier alpha value is -3.22. The standard InChI is InChI=1S/C18H17FN4O2/c1-11(2)16(22-25-18(20)24)15-14-5-3-4-10-23(14)21-17(15)12-6-8-13(19)9-7-12/h3-11H,1-2H3,(H2,20,24). The summed E-state index contributed by atoms with van der Waals surface area (Å²) in [7, 11) is 0. The third kappa shape index (κ3) is 3.35. The van der Waals surface area contributed by atoms with E-state index in [-0.39, 0.29) is 11.7 Å². The minimum Gasteiger partial charge on any atom is -0.333 e. The van der Waals surface area contributed by atoms with Crippen LogP contribution in [0.1, 0.15) is 19.4 Å². The van der Waals surface area contributed by atoms with Crippen molar-refractivity contribution in [1.82, 2.24) is 9.61 Å². The molecule has 0 saturated carbocycles. The first-order chi connectivity index (χ1) is 12.0. The van der Waals surface area contributed by atoms with Crippen molar-refractivity contribution in [3.63, 3.8) is 0 Å². The number of hydrogen-bond acceptors (Lipinski definition) is 4. The van der Waals surface area contributed by atoms with Gasteiger partial charge < -0.3 is 5.73 Å². The minimum absolute atomic E-state index is 0.0632. The normalized spacial score (nSPS) is 11.9. The summed E-state index contributed by atoms with van der Waals surface area (Å²) < 4.78 is 15.0. The van der Waals surface area contributed by atoms with Gasteiger partial charge in [0.15, 0.2) is 0 Å². The molecule has 0 atom stereocenters. The highest BCUT2D eigenvalue weighted by molar-refractivity contribution is 6.11. The number of nitrogens with zero attached hydrogens (tertiary/aromatic N) is 3. The maximum absolute atomic E-state index is 13.3. The van der Waals surface area contributed by atoms with E-state index in [0.29, 0.717) is 17.0 Å². The monoisotopic (exact) mass is 340 g/mol. The lowest BCUT2D eigenvalue weighted by atomic mass is 9.96. The summed E-state index contributed by atoms with van der Waals surface area (Å²) in [5, 5.41) is 8.52. The van der Waals surface area contributed by atoms with Crippen LogP contribution in [0.3, 0.4) is 0 Å². The smallest absolute Gasteiger partial charge is 0.333 e. The molecular formula is C18H17FN4O2. The molecular weight excluding hydrogens is 323 g/mol. The number of nitrogens with two attached hydrogens (primary N) is 1. The van der Waals surface area contributed by atoms with Crippen LogP contribution in [-0.4, -0.2) is 21.4 Å². The fourth-order valence-corrected chi connectivity index (χ4v) is 2.59. The Morgan fingerprint density at radius 2 is 1.96 bits per heavy atom. The summed E-state index contributed by atoms with van der Waals surface area (Å²) in [5.41, 5.74) is 8.42. The molecule has 128 valence electrons. The number of fused-ring (bicyclic) bond motifs is 1. The summed E-state index contributed by atoms with van der Waals surface area (Å²) in [5.74, 6) is -0.393. The van der Waals surface area contributed by atoms with Crippen molar-refractivity contribution in [3.05, 3.63) is 60.0 Å². The molecule has 3 rings (SSSR count). The third-order valence-corrected chi connectivity index (χ3v) is 3.69. The largest absolute Gasteiger partial charge is 0.430 e. The van der Waals surface area contributed by atoms with Crippen molar-refractivity contribution < 1.29 is 14.0 Å². The molecule has 2 N–H and O–H groups in total. The summed E-state index contributed by atoms with van der Waals surface area (Å²) in [4.78, 5) is 15.7. The number of benzene rings is 1. The van der Waals surface area contributed by atoms with Gasteiger partial charge in [-0.05, 0) is 42.3 Å². The number of carbonyl (C=O) groups excluding carboxylic acids is 1. The first kappa shape index (κ1) is 16.6.